The SMILES string of the molecule is CCCOc1ccccc1C(=O)Nc1ccc(C(=O)O)cc1. The lowest BCUT2D eigenvalue weighted by molar-refractivity contribution is 0.0696. The van der Waals surface area contributed by atoms with Crippen LogP contribution in [0.4, 0.5) is 5.69 Å². The minimum Gasteiger partial charge on any atom is -0.493 e. The lowest BCUT2D eigenvalue weighted by Gasteiger charge is -2.11. The van der Waals surface area contributed by atoms with Crippen LogP contribution in [0, 0.1) is 0 Å². The molecule has 0 aromatic heterocycles. The molecule has 0 saturated heterocycles. The molecule has 1 amide bonds. The summed E-state index contributed by atoms with van der Waals surface area (Å²) in [6.45, 7) is 2.53. The van der Waals surface area contributed by atoms with Crippen LogP contribution in [-0.4, -0.2) is 23.6 Å². The molecule has 0 unspecified atom stereocenters. The molecule has 0 spiro atoms. The fourth-order valence-corrected chi connectivity index (χ4v) is 1.89. The Balaban J connectivity index is 2.13. The number of carbonyl (C=O) groups excluding carboxylic acids is 1. The molecular weight excluding hydrogens is 282 g/mol. The number of carbonyl (C=O) groups is 2. The number of aromatic carboxylic acids is 1. The molecule has 0 atom stereocenters. The molecule has 0 aliphatic heterocycles. The summed E-state index contributed by atoms with van der Waals surface area (Å²) in [4.78, 5) is 23.1. The van der Waals surface area contributed by atoms with E-state index in [0.717, 1.165) is 6.42 Å². The second kappa shape index (κ2) is 7.26. The predicted molar refractivity (Wildman–Crippen MR) is 83.6 cm³/mol. The van der Waals surface area contributed by atoms with Gasteiger partial charge in [-0.05, 0) is 42.8 Å². The molecule has 0 aliphatic rings. The van der Waals surface area contributed by atoms with Crippen LogP contribution in [-0.2, 0) is 0 Å². The van der Waals surface area contributed by atoms with Crippen LogP contribution < -0.4 is 10.1 Å². The van der Waals surface area contributed by atoms with Gasteiger partial charge in [-0.1, -0.05) is 19.1 Å². The summed E-state index contributed by atoms with van der Waals surface area (Å²) in [7, 11) is 0. The van der Waals surface area contributed by atoms with Crippen LogP contribution in [0.5, 0.6) is 5.75 Å². The zero-order valence-electron chi connectivity index (χ0n) is 12.2. The van der Waals surface area contributed by atoms with Crippen LogP contribution in [0.2, 0.25) is 0 Å². The van der Waals surface area contributed by atoms with Crippen molar-refractivity contribution < 1.29 is 19.4 Å². The first-order chi connectivity index (χ1) is 10.6. The van der Waals surface area contributed by atoms with Crippen LogP contribution in [0.3, 0.4) is 0 Å². The van der Waals surface area contributed by atoms with Gasteiger partial charge in [-0.25, -0.2) is 4.79 Å². The summed E-state index contributed by atoms with van der Waals surface area (Å²) in [5.74, 6) is -0.769. The molecular formula is C17H17NO4. The van der Waals surface area contributed by atoms with Crippen molar-refractivity contribution in [1.82, 2.24) is 0 Å². The highest BCUT2D eigenvalue weighted by Crippen LogP contribution is 2.20. The predicted octanol–water partition coefficient (Wildman–Crippen LogP) is 3.43. The number of amides is 1. The van der Waals surface area contributed by atoms with Gasteiger partial charge in [0.2, 0.25) is 0 Å². The molecule has 0 bridgehead atoms. The monoisotopic (exact) mass is 299 g/mol. The van der Waals surface area contributed by atoms with Gasteiger partial charge < -0.3 is 15.2 Å². The number of para-hydroxylation sites is 1. The van der Waals surface area contributed by atoms with Gasteiger partial charge in [-0.2, -0.15) is 0 Å². The smallest absolute Gasteiger partial charge is 0.335 e. The molecule has 2 aromatic rings. The quantitative estimate of drug-likeness (QED) is 0.857. The molecule has 0 saturated carbocycles. The number of nitrogens with one attached hydrogen (secondary N) is 1. The Hall–Kier alpha value is -2.82. The Morgan fingerprint density at radius 2 is 1.77 bits per heavy atom. The van der Waals surface area contributed by atoms with Gasteiger partial charge in [-0.3, -0.25) is 4.79 Å². The van der Waals surface area contributed by atoms with Crippen molar-refractivity contribution in [3.8, 4) is 5.75 Å². The van der Waals surface area contributed by atoms with E-state index in [1.807, 2.05) is 13.0 Å². The van der Waals surface area contributed by atoms with E-state index < -0.39 is 5.97 Å². The van der Waals surface area contributed by atoms with E-state index in [2.05, 4.69) is 5.32 Å². The molecule has 114 valence electrons. The molecule has 2 aromatic carbocycles. The van der Waals surface area contributed by atoms with E-state index in [-0.39, 0.29) is 11.5 Å². The fraction of sp³-hybridized carbons (Fsp3) is 0.176. The minimum atomic E-state index is -1.00. The summed E-state index contributed by atoms with van der Waals surface area (Å²) in [6, 6.07) is 13.0. The van der Waals surface area contributed by atoms with Crippen molar-refractivity contribution in [1.29, 1.82) is 0 Å². The Kier molecular flexibility index (Phi) is 5.14. The summed E-state index contributed by atoms with van der Waals surface area (Å²) < 4.78 is 5.56. The van der Waals surface area contributed by atoms with E-state index in [4.69, 9.17) is 9.84 Å². The van der Waals surface area contributed by atoms with Gasteiger partial charge in [-0.15, -0.1) is 0 Å². The number of rotatable bonds is 6. The number of anilines is 1. The molecule has 0 aliphatic carbocycles. The highest BCUT2D eigenvalue weighted by molar-refractivity contribution is 6.06. The average Bonchev–Trinajstić information content (AvgIpc) is 2.53. The third-order valence-electron chi connectivity index (χ3n) is 2.98. The van der Waals surface area contributed by atoms with Crippen molar-refractivity contribution >= 4 is 17.6 Å². The van der Waals surface area contributed by atoms with Gasteiger partial charge in [0.15, 0.2) is 0 Å². The third-order valence-corrected chi connectivity index (χ3v) is 2.98. The number of carboxylic acids is 1. The maximum Gasteiger partial charge on any atom is 0.335 e. The third kappa shape index (κ3) is 3.85. The van der Waals surface area contributed by atoms with Crippen LogP contribution >= 0.6 is 0 Å². The molecule has 0 radical (unpaired) electrons. The van der Waals surface area contributed by atoms with Crippen molar-refractivity contribution in [3.63, 3.8) is 0 Å². The van der Waals surface area contributed by atoms with Gasteiger partial charge in [0.05, 0.1) is 17.7 Å². The summed E-state index contributed by atoms with van der Waals surface area (Å²) >= 11 is 0. The van der Waals surface area contributed by atoms with E-state index in [0.29, 0.717) is 23.6 Å². The van der Waals surface area contributed by atoms with Gasteiger partial charge in [0.1, 0.15) is 5.75 Å². The first kappa shape index (κ1) is 15.6. The van der Waals surface area contributed by atoms with Crippen LogP contribution in [0.1, 0.15) is 34.1 Å². The highest BCUT2D eigenvalue weighted by Gasteiger charge is 2.12. The lowest BCUT2D eigenvalue weighted by Crippen LogP contribution is -2.14. The molecule has 2 rings (SSSR count). The number of benzene rings is 2. The normalized spacial score (nSPS) is 10.0. The van der Waals surface area contributed by atoms with Gasteiger partial charge in [0.25, 0.3) is 5.91 Å². The molecule has 0 fully saturated rings. The molecule has 22 heavy (non-hydrogen) atoms. The first-order valence-corrected chi connectivity index (χ1v) is 6.98. The maximum atomic E-state index is 12.3. The zero-order chi connectivity index (χ0) is 15.9. The topological polar surface area (TPSA) is 75.6 Å². The number of ether oxygens (including phenoxy) is 1. The van der Waals surface area contributed by atoms with Gasteiger partial charge in [0, 0.05) is 5.69 Å². The van der Waals surface area contributed by atoms with Crippen LogP contribution in [0.15, 0.2) is 48.5 Å². The minimum absolute atomic E-state index is 0.171. The number of carboxylic acid groups (broad SMARTS) is 1. The zero-order valence-corrected chi connectivity index (χ0v) is 12.2. The van der Waals surface area contributed by atoms with E-state index >= 15 is 0 Å². The fourth-order valence-electron chi connectivity index (χ4n) is 1.89. The van der Waals surface area contributed by atoms with E-state index in [1.54, 1.807) is 30.3 Å². The van der Waals surface area contributed by atoms with Crippen molar-refractivity contribution in [2.45, 2.75) is 13.3 Å². The molecule has 0 heterocycles. The van der Waals surface area contributed by atoms with Crippen LogP contribution in [0.25, 0.3) is 0 Å². The Labute approximate surface area is 128 Å². The molecule has 2 N–H and O–H groups in total. The van der Waals surface area contributed by atoms with E-state index in [1.165, 1.54) is 12.1 Å². The summed E-state index contributed by atoms with van der Waals surface area (Å²) in [5.41, 5.74) is 1.14. The van der Waals surface area contributed by atoms with E-state index in [9.17, 15) is 9.59 Å². The second-order valence-electron chi connectivity index (χ2n) is 4.68. The number of hydrogen-bond acceptors (Lipinski definition) is 3. The lowest BCUT2D eigenvalue weighted by atomic mass is 10.1. The first-order valence-electron chi connectivity index (χ1n) is 6.98. The van der Waals surface area contributed by atoms with Crippen molar-refractivity contribution in [2.24, 2.45) is 0 Å². The van der Waals surface area contributed by atoms with Crippen molar-refractivity contribution in [3.05, 3.63) is 59.7 Å². The Bertz CT molecular complexity index is 665. The molecule has 5 nitrogen and oxygen atoms in total. The maximum absolute atomic E-state index is 12.3. The largest absolute Gasteiger partial charge is 0.493 e. The average molecular weight is 299 g/mol. The molecule has 5 heteroatoms. The second-order valence-corrected chi connectivity index (χ2v) is 4.68. The Morgan fingerprint density at radius 3 is 2.41 bits per heavy atom. The van der Waals surface area contributed by atoms with Gasteiger partial charge >= 0.3 is 5.97 Å². The summed E-state index contributed by atoms with van der Waals surface area (Å²) in [5, 5.41) is 11.6. The summed E-state index contributed by atoms with van der Waals surface area (Å²) in [6.07, 6.45) is 0.854. The standard InChI is InChI=1S/C17H17NO4/c1-2-11-22-15-6-4-3-5-14(15)16(19)18-13-9-7-12(8-10-13)17(20)21/h3-10H,2,11H2,1H3,(H,18,19)(H,20,21). The Morgan fingerprint density at radius 1 is 1.09 bits per heavy atom. The highest BCUT2D eigenvalue weighted by atomic mass is 16.5. The van der Waals surface area contributed by atoms with Crippen molar-refractivity contribution in [2.75, 3.05) is 11.9 Å². The number of hydrogen-bond donors (Lipinski definition) is 2.